The highest BCUT2D eigenvalue weighted by Gasteiger charge is 2.12. The summed E-state index contributed by atoms with van der Waals surface area (Å²) in [5.41, 5.74) is 2.29. The number of benzene rings is 1. The molecule has 1 fully saturated rings. The van der Waals surface area contributed by atoms with Gasteiger partial charge in [-0.25, -0.2) is 4.98 Å². The lowest BCUT2D eigenvalue weighted by Crippen LogP contribution is -2.37. The Morgan fingerprint density at radius 1 is 1.30 bits per heavy atom. The Balaban J connectivity index is 1.50. The smallest absolute Gasteiger partial charge is 0.0945 e. The van der Waals surface area contributed by atoms with Gasteiger partial charge in [-0.15, -0.1) is 11.3 Å². The first-order valence-corrected chi connectivity index (χ1v) is 8.11. The van der Waals surface area contributed by atoms with E-state index in [9.17, 15) is 0 Å². The number of rotatable bonds is 5. The molecule has 106 valence electrons. The molecule has 1 aliphatic heterocycles. The first kappa shape index (κ1) is 13.7. The molecule has 3 nitrogen and oxygen atoms in total. The largest absolute Gasteiger partial charge is 0.380 e. The van der Waals surface area contributed by atoms with Crippen LogP contribution in [0.5, 0.6) is 0 Å². The second-order valence-electron chi connectivity index (χ2n) is 5.11. The molecular formula is C16H20N2OS. The molecule has 1 aromatic heterocycles. The molecule has 2 aromatic rings. The number of nitrogens with one attached hydrogen (secondary N) is 1. The maximum absolute atomic E-state index is 5.47. The van der Waals surface area contributed by atoms with Gasteiger partial charge in [0.25, 0.3) is 0 Å². The Morgan fingerprint density at radius 3 is 3.00 bits per heavy atom. The van der Waals surface area contributed by atoms with Crippen LogP contribution in [0.2, 0.25) is 0 Å². The molecule has 0 saturated carbocycles. The van der Waals surface area contributed by atoms with Gasteiger partial charge in [0.1, 0.15) is 0 Å². The van der Waals surface area contributed by atoms with Crippen molar-refractivity contribution in [3.63, 3.8) is 0 Å². The van der Waals surface area contributed by atoms with E-state index in [1.54, 1.807) is 11.3 Å². The first-order chi connectivity index (χ1) is 9.92. The van der Waals surface area contributed by atoms with Crippen LogP contribution in [0.3, 0.4) is 0 Å². The van der Waals surface area contributed by atoms with Crippen LogP contribution >= 0.6 is 11.3 Å². The minimum absolute atomic E-state index is 0.525. The summed E-state index contributed by atoms with van der Waals surface area (Å²) in [6, 6.07) is 10.9. The van der Waals surface area contributed by atoms with E-state index in [1.807, 2.05) is 6.07 Å². The quantitative estimate of drug-likeness (QED) is 0.918. The highest BCUT2D eigenvalue weighted by Crippen LogP contribution is 2.21. The van der Waals surface area contributed by atoms with Crippen LogP contribution in [0.25, 0.3) is 11.3 Å². The molecule has 0 amide bonds. The Labute approximate surface area is 124 Å². The van der Waals surface area contributed by atoms with Crippen molar-refractivity contribution < 1.29 is 4.74 Å². The third-order valence-corrected chi connectivity index (χ3v) is 4.46. The summed E-state index contributed by atoms with van der Waals surface area (Å²) in [7, 11) is 0. The maximum atomic E-state index is 5.47. The standard InChI is InChI=1S/C16H20N2OS/c1-2-5-13(6-3-1)15-12-20-16(18-15)8-9-17-14-7-4-10-19-11-14/h1-3,5-6,12,14,17H,4,7-11H2/t14-/m0/s1. The van der Waals surface area contributed by atoms with E-state index in [0.29, 0.717) is 6.04 Å². The Bertz CT molecular complexity index is 520. The minimum Gasteiger partial charge on any atom is -0.380 e. The summed E-state index contributed by atoms with van der Waals surface area (Å²) in [6.45, 7) is 2.76. The van der Waals surface area contributed by atoms with Crippen LogP contribution in [0.1, 0.15) is 17.8 Å². The van der Waals surface area contributed by atoms with Crippen molar-refractivity contribution in [3.05, 3.63) is 40.7 Å². The minimum atomic E-state index is 0.525. The Hall–Kier alpha value is -1.23. The average Bonchev–Trinajstić information content (AvgIpc) is 2.98. The fraction of sp³-hybridized carbons (Fsp3) is 0.438. The van der Waals surface area contributed by atoms with Crippen molar-refractivity contribution >= 4 is 11.3 Å². The fourth-order valence-electron chi connectivity index (χ4n) is 2.45. The number of aromatic nitrogens is 1. The highest BCUT2D eigenvalue weighted by molar-refractivity contribution is 7.09. The van der Waals surface area contributed by atoms with Gasteiger partial charge in [-0.3, -0.25) is 0 Å². The van der Waals surface area contributed by atoms with Gasteiger partial charge < -0.3 is 10.1 Å². The molecule has 1 aromatic carbocycles. The van der Waals surface area contributed by atoms with Gasteiger partial charge in [-0.1, -0.05) is 30.3 Å². The number of nitrogens with zero attached hydrogens (tertiary/aromatic N) is 1. The molecule has 4 heteroatoms. The van der Waals surface area contributed by atoms with E-state index in [1.165, 1.54) is 23.4 Å². The van der Waals surface area contributed by atoms with Gasteiger partial charge in [-0.05, 0) is 12.8 Å². The van der Waals surface area contributed by atoms with E-state index >= 15 is 0 Å². The molecule has 1 saturated heterocycles. The SMILES string of the molecule is c1ccc(-c2csc(CCN[C@H]3CCCOC3)n2)cc1. The van der Waals surface area contributed by atoms with Crippen molar-refractivity contribution in [2.45, 2.75) is 25.3 Å². The third-order valence-electron chi connectivity index (χ3n) is 3.55. The number of hydrogen-bond acceptors (Lipinski definition) is 4. The molecule has 1 N–H and O–H groups in total. The maximum Gasteiger partial charge on any atom is 0.0945 e. The highest BCUT2D eigenvalue weighted by atomic mass is 32.1. The molecule has 0 spiro atoms. The fourth-order valence-corrected chi connectivity index (χ4v) is 3.26. The molecule has 1 aliphatic rings. The van der Waals surface area contributed by atoms with E-state index in [0.717, 1.165) is 31.9 Å². The number of thiazole rings is 1. The molecule has 3 rings (SSSR count). The summed E-state index contributed by atoms with van der Waals surface area (Å²) in [6.07, 6.45) is 3.40. The number of hydrogen-bond donors (Lipinski definition) is 1. The van der Waals surface area contributed by atoms with Gasteiger partial charge in [0.15, 0.2) is 0 Å². The van der Waals surface area contributed by atoms with Crippen LogP contribution in [0.15, 0.2) is 35.7 Å². The summed E-state index contributed by atoms with van der Waals surface area (Å²) < 4.78 is 5.47. The van der Waals surface area contributed by atoms with Gasteiger partial charge >= 0.3 is 0 Å². The zero-order valence-electron chi connectivity index (χ0n) is 11.5. The van der Waals surface area contributed by atoms with Gasteiger partial charge in [-0.2, -0.15) is 0 Å². The van der Waals surface area contributed by atoms with Crippen LogP contribution in [0, 0.1) is 0 Å². The van der Waals surface area contributed by atoms with Crippen LogP contribution in [0.4, 0.5) is 0 Å². The Morgan fingerprint density at radius 2 is 2.20 bits per heavy atom. The topological polar surface area (TPSA) is 34.1 Å². The molecule has 0 aliphatic carbocycles. The van der Waals surface area contributed by atoms with Crippen molar-refractivity contribution in [1.29, 1.82) is 0 Å². The third kappa shape index (κ3) is 3.66. The van der Waals surface area contributed by atoms with E-state index in [2.05, 4.69) is 35.0 Å². The van der Waals surface area contributed by atoms with Gasteiger partial charge in [0, 0.05) is 36.6 Å². The van der Waals surface area contributed by atoms with Crippen molar-refractivity contribution in [3.8, 4) is 11.3 Å². The zero-order valence-corrected chi connectivity index (χ0v) is 12.4. The van der Waals surface area contributed by atoms with Crippen LogP contribution in [-0.4, -0.2) is 30.8 Å². The lowest BCUT2D eigenvalue weighted by molar-refractivity contribution is 0.0707. The predicted molar refractivity (Wildman–Crippen MR) is 83.1 cm³/mol. The summed E-state index contributed by atoms with van der Waals surface area (Å²) >= 11 is 1.75. The van der Waals surface area contributed by atoms with Gasteiger partial charge in [0.05, 0.1) is 17.3 Å². The lowest BCUT2D eigenvalue weighted by Gasteiger charge is -2.22. The zero-order chi connectivity index (χ0) is 13.6. The van der Waals surface area contributed by atoms with Crippen molar-refractivity contribution in [2.75, 3.05) is 19.8 Å². The second kappa shape index (κ2) is 6.97. The van der Waals surface area contributed by atoms with Gasteiger partial charge in [0.2, 0.25) is 0 Å². The number of ether oxygens (including phenoxy) is 1. The monoisotopic (exact) mass is 288 g/mol. The molecule has 0 bridgehead atoms. The first-order valence-electron chi connectivity index (χ1n) is 7.23. The molecule has 20 heavy (non-hydrogen) atoms. The van der Waals surface area contributed by atoms with Crippen LogP contribution < -0.4 is 5.32 Å². The molecule has 2 heterocycles. The molecular weight excluding hydrogens is 268 g/mol. The molecule has 0 unspecified atom stereocenters. The van der Waals surface area contributed by atoms with E-state index in [-0.39, 0.29) is 0 Å². The molecule has 1 atom stereocenters. The van der Waals surface area contributed by atoms with Crippen molar-refractivity contribution in [1.82, 2.24) is 10.3 Å². The normalized spacial score (nSPS) is 19.1. The predicted octanol–water partition coefficient (Wildman–Crippen LogP) is 3.12. The summed E-state index contributed by atoms with van der Waals surface area (Å²) in [4.78, 5) is 4.71. The summed E-state index contributed by atoms with van der Waals surface area (Å²) in [5, 5.41) is 6.91. The van der Waals surface area contributed by atoms with Crippen LogP contribution in [-0.2, 0) is 11.2 Å². The summed E-state index contributed by atoms with van der Waals surface area (Å²) in [5.74, 6) is 0. The van der Waals surface area contributed by atoms with E-state index in [4.69, 9.17) is 9.72 Å². The lowest BCUT2D eigenvalue weighted by atomic mass is 10.1. The average molecular weight is 288 g/mol. The van der Waals surface area contributed by atoms with E-state index < -0.39 is 0 Å². The van der Waals surface area contributed by atoms with Crippen molar-refractivity contribution in [2.24, 2.45) is 0 Å². The molecule has 0 radical (unpaired) electrons. The second-order valence-corrected chi connectivity index (χ2v) is 6.05. The Kier molecular flexibility index (Phi) is 4.79.